The minimum absolute atomic E-state index is 0.00814. The van der Waals surface area contributed by atoms with E-state index < -0.39 is 39.8 Å². The second kappa shape index (κ2) is 14.4. The average molecular weight is 576 g/mol. The molecule has 0 bridgehead atoms. The largest absolute Gasteiger partial charge is 0.508 e. The predicted octanol–water partition coefficient (Wildman–Crippen LogP) is 2.78. The lowest BCUT2D eigenvalue weighted by atomic mass is 9.88. The molecule has 3 N–H and O–H groups in total. The fourth-order valence-electron chi connectivity index (χ4n) is 4.32. The maximum absolute atomic E-state index is 13.7. The summed E-state index contributed by atoms with van der Waals surface area (Å²) < 4.78 is 44.3. The van der Waals surface area contributed by atoms with Crippen LogP contribution in [0.2, 0.25) is 0 Å². The molecule has 218 valence electrons. The highest BCUT2D eigenvalue weighted by Gasteiger charge is 2.35. The molecular weight excluding hydrogens is 538 g/mol. The highest BCUT2D eigenvalue weighted by atomic mass is 32.2. The Morgan fingerprint density at radius 1 is 1.18 bits per heavy atom. The second-order valence-electron chi connectivity index (χ2n) is 10.5. The number of nitrogens with one attached hydrogen (secondary N) is 1. The Morgan fingerprint density at radius 2 is 1.82 bits per heavy atom. The zero-order valence-electron chi connectivity index (χ0n) is 22.7. The Bertz CT molecular complexity index is 1230. The molecule has 0 saturated carbocycles. The van der Waals surface area contributed by atoms with Crippen LogP contribution in [0.25, 0.3) is 0 Å². The van der Waals surface area contributed by atoms with E-state index in [0.29, 0.717) is 6.42 Å². The van der Waals surface area contributed by atoms with Crippen molar-refractivity contribution in [1.82, 2.24) is 9.62 Å². The third kappa shape index (κ3) is 9.46. The Morgan fingerprint density at radius 3 is 2.45 bits per heavy atom. The molecule has 0 aliphatic carbocycles. The molecule has 11 nitrogen and oxygen atoms in total. The molecule has 0 unspecified atom stereocenters. The number of aromatic hydroxyl groups is 1. The predicted molar refractivity (Wildman–Crippen MR) is 146 cm³/mol. The van der Waals surface area contributed by atoms with Gasteiger partial charge in [-0.25, -0.2) is 13.2 Å². The quantitative estimate of drug-likeness (QED) is 0.326. The SMILES string of the molecule is CC(C)(CCC#N)CN(C[C@@H](O)[C@H](Cc1ccccc1)NC(=O)OC1COCOC1)S(=O)(=O)c1ccc(O)cc1. The number of alkyl carbamates (subject to hydrolysis) is 1. The lowest BCUT2D eigenvalue weighted by molar-refractivity contribution is -0.151. The van der Waals surface area contributed by atoms with Crippen LogP contribution in [0.4, 0.5) is 4.79 Å². The third-order valence-corrected chi connectivity index (χ3v) is 8.32. The van der Waals surface area contributed by atoms with Gasteiger partial charge in [0.2, 0.25) is 10.0 Å². The third-order valence-electron chi connectivity index (χ3n) is 6.50. The fraction of sp³-hybridized carbons (Fsp3) is 0.500. The van der Waals surface area contributed by atoms with Crippen molar-refractivity contribution in [2.45, 2.75) is 56.3 Å². The highest BCUT2D eigenvalue weighted by Crippen LogP contribution is 2.28. The molecule has 0 aromatic heterocycles. The summed E-state index contributed by atoms with van der Waals surface area (Å²) in [6.45, 7) is 3.84. The minimum Gasteiger partial charge on any atom is -0.508 e. The average Bonchev–Trinajstić information content (AvgIpc) is 2.92. The number of aliphatic hydroxyl groups is 1. The first-order valence-electron chi connectivity index (χ1n) is 13.0. The van der Waals surface area contributed by atoms with Gasteiger partial charge in [0.25, 0.3) is 0 Å². The van der Waals surface area contributed by atoms with Gasteiger partial charge in [0.1, 0.15) is 12.5 Å². The molecule has 1 fully saturated rings. The van der Waals surface area contributed by atoms with Crippen molar-refractivity contribution in [2.75, 3.05) is 33.1 Å². The van der Waals surface area contributed by atoms with Crippen LogP contribution in [0, 0.1) is 16.7 Å². The number of phenolic OH excluding ortho intramolecular Hbond substituents is 1. The van der Waals surface area contributed by atoms with E-state index >= 15 is 0 Å². The van der Waals surface area contributed by atoms with E-state index in [9.17, 15) is 23.4 Å². The van der Waals surface area contributed by atoms with Gasteiger partial charge in [-0.3, -0.25) is 0 Å². The number of benzene rings is 2. The molecule has 0 radical (unpaired) electrons. The summed E-state index contributed by atoms with van der Waals surface area (Å²) in [4.78, 5) is 12.7. The molecule has 1 amide bonds. The van der Waals surface area contributed by atoms with Crippen molar-refractivity contribution < 1.29 is 37.6 Å². The standard InChI is InChI=1S/C28H37N3O8S/c1-28(2,13-6-14-29)19-31(40(35,36)24-11-9-22(32)10-12-24)16-26(33)25(15-21-7-4-3-5-8-21)30-27(34)39-23-17-37-20-38-18-23/h3-5,7-12,23,25-26,32-33H,6,13,15-20H2,1-2H3,(H,30,34)/t25-,26+/m0/s1. The van der Waals surface area contributed by atoms with Crippen molar-refractivity contribution in [3.8, 4) is 11.8 Å². The van der Waals surface area contributed by atoms with E-state index in [0.717, 1.165) is 9.87 Å². The number of aliphatic hydroxyl groups excluding tert-OH is 1. The first kappa shape index (κ1) is 31.3. The number of phenols is 1. The van der Waals surface area contributed by atoms with E-state index in [1.54, 1.807) is 0 Å². The van der Waals surface area contributed by atoms with Crippen LogP contribution in [-0.2, 0) is 30.7 Å². The number of sulfonamides is 1. The first-order valence-corrected chi connectivity index (χ1v) is 14.4. The number of carbonyl (C=O) groups is 1. The van der Waals surface area contributed by atoms with Crippen molar-refractivity contribution >= 4 is 16.1 Å². The lowest BCUT2D eigenvalue weighted by Gasteiger charge is -2.35. The molecule has 3 rings (SSSR count). The Hall–Kier alpha value is -3.21. The number of ether oxygens (including phenoxy) is 3. The van der Waals surface area contributed by atoms with Gasteiger partial charge in [0.15, 0.2) is 6.10 Å². The van der Waals surface area contributed by atoms with Crippen LogP contribution in [-0.4, -0.2) is 80.4 Å². The number of hydrogen-bond donors (Lipinski definition) is 3. The Balaban J connectivity index is 1.86. The Kier molecular flexibility index (Phi) is 11.3. The van der Waals surface area contributed by atoms with Crippen molar-refractivity contribution in [2.24, 2.45) is 5.41 Å². The van der Waals surface area contributed by atoms with E-state index in [4.69, 9.17) is 19.5 Å². The molecule has 1 aliphatic heterocycles. The number of carbonyl (C=O) groups excluding carboxylic acids is 1. The summed E-state index contributed by atoms with van der Waals surface area (Å²) in [5, 5.41) is 32.8. The number of nitriles is 1. The number of hydrogen-bond acceptors (Lipinski definition) is 9. The minimum atomic E-state index is -4.13. The molecule has 1 aliphatic rings. The number of rotatable bonds is 13. The summed E-state index contributed by atoms with van der Waals surface area (Å²) in [7, 11) is -4.13. The monoisotopic (exact) mass is 575 g/mol. The summed E-state index contributed by atoms with van der Waals surface area (Å²) in [5.74, 6) is -0.0840. The molecule has 40 heavy (non-hydrogen) atoms. The van der Waals surface area contributed by atoms with Crippen LogP contribution in [0.3, 0.4) is 0 Å². The number of amides is 1. The van der Waals surface area contributed by atoms with E-state index in [2.05, 4.69) is 11.4 Å². The van der Waals surface area contributed by atoms with Crippen molar-refractivity contribution in [1.29, 1.82) is 5.26 Å². The van der Waals surface area contributed by atoms with Gasteiger partial charge in [0, 0.05) is 19.5 Å². The van der Waals surface area contributed by atoms with E-state index in [1.165, 1.54) is 24.3 Å². The summed E-state index contributed by atoms with van der Waals surface area (Å²) >= 11 is 0. The van der Waals surface area contributed by atoms with Crippen LogP contribution in [0.15, 0.2) is 59.5 Å². The molecule has 2 aromatic carbocycles. The molecule has 1 heterocycles. The molecule has 0 spiro atoms. The van der Waals surface area contributed by atoms with E-state index in [-0.39, 0.29) is 56.6 Å². The maximum Gasteiger partial charge on any atom is 0.407 e. The molecule has 2 aromatic rings. The second-order valence-corrected chi connectivity index (χ2v) is 12.4. The van der Waals surface area contributed by atoms with E-state index in [1.807, 2.05) is 44.2 Å². The maximum atomic E-state index is 13.7. The topological polar surface area (TPSA) is 158 Å². The number of nitrogens with zero attached hydrogens (tertiary/aromatic N) is 2. The van der Waals surface area contributed by atoms with Gasteiger partial charge in [-0.1, -0.05) is 44.2 Å². The molecule has 2 atom stereocenters. The van der Waals surface area contributed by atoms with Gasteiger partial charge in [-0.05, 0) is 48.1 Å². The smallest absolute Gasteiger partial charge is 0.407 e. The van der Waals surface area contributed by atoms with Crippen LogP contribution in [0.1, 0.15) is 32.3 Å². The molecular formula is C28H37N3O8S. The van der Waals surface area contributed by atoms with Gasteiger partial charge in [-0.15, -0.1) is 0 Å². The van der Waals surface area contributed by atoms with Gasteiger partial charge in [-0.2, -0.15) is 9.57 Å². The van der Waals surface area contributed by atoms with Crippen molar-refractivity contribution in [3.05, 3.63) is 60.2 Å². The highest BCUT2D eigenvalue weighted by molar-refractivity contribution is 7.89. The van der Waals surface area contributed by atoms with Gasteiger partial charge < -0.3 is 29.7 Å². The van der Waals surface area contributed by atoms with Crippen molar-refractivity contribution in [3.63, 3.8) is 0 Å². The summed E-state index contributed by atoms with van der Waals surface area (Å²) in [5.41, 5.74) is 0.223. The Labute approximate surface area is 235 Å². The lowest BCUT2D eigenvalue weighted by Crippen LogP contribution is -2.52. The van der Waals surface area contributed by atoms with Crippen LogP contribution >= 0.6 is 0 Å². The van der Waals surface area contributed by atoms with Crippen LogP contribution in [0.5, 0.6) is 5.75 Å². The fourth-order valence-corrected chi connectivity index (χ4v) is 5.97. The first-order chi connectivity index (χ1) is 19.0. The molecule has 12 heteroatoms. The summed E-state index contributed by atoms with van der Waals surface area (Å²) in [6.07, 6.45) is -1.85. The zero-order chi connectivity index (χ0) is 29.2. The summed E-state index contributed by atoms with van der Waals surface area (Å²) in [6, 6.07) is 15.5. The van der Waals surface area contributed by atoms with Crippen LogP contribution < -0.4 is 5.32 Å². The molecule has 1 saturated heterocycles. The zero-order valence-corrected chi connectivity index (χ0v) is 23.5. The van der Waals surface area contributed by atoms with Gasteiger partial charge in [0.05, 0.1) is 36.3 Å². The van der Waals surface area contributed by atoms with Gasteiger partial charge >= 0.3 is 6.09 Å². The normalized spacial score (nSPS) is 16.2.